The highest BCUT2D eigenvalue weighted by Crippen LogP contribution is 2.36. The summed E-state index contributed by atoms with van der Waals surface area (Å²) in [6, 6.07) is 19.2. The molecule has 0 aliphatic heterocycles. The number of carbonyl (C=O) groups is 1. The molecule has 0 atom stereocenters. The van der Waals surface area contributed by atoms with Crippen molar-refractivity contribution in [2.75, 3.05) is 5.32 Å². The number of alkyl halides is 4. The Labute approximate surface area is 217 Å². The summed E-state index contributed by atoms with van der Waals surface area (Å²) in [7, 11) is 0. The van der Waals surface area contributed by atoms with E-state index in [9.17, 15) is 22.4 Å². The van der Waals surface area contributed by atoms with Gasteiger partial charge in [-0.25, -0.2) is 18.7 Å². The molecule has 1 N–H and O–H groups in total. The maximum atomic E-state index is 14.1. The Kier molecular flexibility index (Phi) is 7.75. The second-order valence-corrected chi connectivity index (χ2v) is 8.64. The molecular formula is C29H25F4N3O2. The quantitative estimate of drug-likeness (QED) is 0.240. The number of nitrogens with one attached hydrogen (secondary N) is 1. The van der Waals surface area contributed by atoms with Crippen LogP contribution in [0.1, 0.15) is 40.8 Å². The standard InChI is InChI=1S/C29H25F4N3O2/c1-4-29(32,33)21-11-8-12-22(16-21)36-27(37)26-18(3)34-25(17(2)35-26)20-13-14-24(38-28(30)31)23(15-20)19-9-6-5-7-10-19/h5-16,28H,4H2,1-3H3,(H,36,37). The maximum absolute atomic E-state index is 14.1. The average molecular weight is 524 g/mol. The van der Waals surface area contributed by atoms with Gasteiger partial charge in [0.15, 0.2) is 0 Å². The first kappa shape index (κ1) is 26.8. The molecule has 0 saturated carbocycles. The van der Waals surface area contributed by atoms with Gasteiger partial charge in [-0.2, -0.15) is 8.78 Å². The van der Waals surface area contributed by atoms with Crippen LogP contribution in [0.5, 0.6) is 5.75 Å². The number of halogens is 4. The lowest BCUT2D eigenvalue weighted by molar-refractivity contribution is -0.0494. The molecule has 1 amide bonds. The first-order valence-electron chi connectivity index (χ1n) is 11.9. The summed E-state index contributed by atoms with van der Waals surface area (Å²) in [5, 5.41) is 2.62. The van der Waals surface area contributed by atoms with Crippen molar-refractivity contribution in [1.29, 1.82) is 0 Å². The summed E-state index contributed by atoms with van der Waals surface area (Å²) in [6.45, 7) is 1.68. The van der Waals surface area contributed by atoms with Crippen molar-refractivity contribution in [3.05, 3.63) is 95.4 Å². The Morgan fingerprint density at radius 3 is 2.34 bits per heavy atom. The molecule has 9 heteroatoms. The molecule has 0 spiro atoms. The first-order valence-corrected chi connectivity index (χ1v) is 11.9. The molecule has 4 aromatic rings. The zero-order valence-corrected chi connectivity index (χ0v) is 20.9. The van der Waals surface area contributed by atoms with Gasteiger partial charge >= 0.3 is 6.61 Å². The highest BCUT2D eigenvalue weighted by Gasteiger charge is 2.29. The Morgan fingerprint density at radius 1 is 0.921 bits per heavy atom. The highest BCUT2D eigenvalue weighted by atomic mass is 19.3. The number of carbonyl (C=O) groups excluding carboxylic acids is 1. The fourth-order valence-electron chi connectivity index (χ4n) is 4.03. The third kappa shape index (κ3) is 5.82. The second-order valence-electron chi connectivity index (χ2n) is 8.64. The van der Waals surface area contributed by atoms with E-state index in [4.69, 9.17) is 4.74 Å². The number of nitrogens with zero attached hydrogens (tertiary/aromatic N) is 2. The molecule has 5 nitrogen and oxygen atoms in total. The van der Waals surface area contributed by atoms with Gasteiger partial charge in [0, 0.05) is 28.8 Å². The Morgan fingerprint density at radius 2 is 1.66 bits per heavy atom. The number of rotatable bonds is 8. The predicted octanol–water partition coefficient (Wildman–Crippen LogP) is 7.78. The first-order chi connectivity index (χ1) is 18.1. The third-order valence-electron chi connectivity index (χ3n) is 6.00. The van der Waals surface area contributed by atoms with Gasteiger partial charge in [0.05, 0.1) is 17.1 Å². The summed E-state index contributed by atoms with van der Waals surface area (Å²) >= 11 is 0. The molecule has 0 unspecified atom stereocenters. The van der Waals surface area contributed by atoms with E-state index in [-0.39, 0.29) is 29.1 Å². The van der Waals surface area contributed by atoms with Crippen molar-refractivity contribution in [1.82, 2.24) is 9.97 Å². The number of hydrogen-bond acceptors (Lipinski definition) is 4. The summed E-state index contributed by atoms with van der Waals surface area (Å²) in [4.78, 5) is 22.0. The predicted molar refractivity (Wildman–Crippen MR) is 138 cm³/mol. The van der Waals surface area contributed by atoms with Gasteiger partial charge < -0.3 is 10.1 Å². The summed E-state index contributed by atoms with van der Waals surface area (Å²) in [5.41, 5.74) is 2.99. The van der Waals surface area contributed by atoms with Gasteiger partial charge in [0.2, 0.25) is 0 Å². The van der Waals surface area contributed by atoms with E-state index in [1.165, 1.54) is 37.3 Å². The smallest absolute Gasteiger partial charge is 0.387 e. The zero-order chi connectivity index (χ0) is 27.4. The van der Waals surface area contributed by atoms with E-state index < -0.39 is 18.4 Å². The molecule has 0 aliphatic rings. The molecule has 1 heterocycles. The molecule has 0 aliphatic carbocycles. The molecule has 0 radical (unpaired) electrons. The lowest BCUT2D eigenvalue weighted by atomic mass is 9.99. The average Bonchev–Trinajstić information content (AvgIpc) is 2.90. The van der Waals surface area contributed by atoms with Crippen molar-refractivity contribution in [2.24, 2.45) is 0 Å². The SMILES string of the molecule is CCC(F)(F)c1cccc(NC(=O)c2nc(C)c(-c3ccc(OC(F)F)c(-c4ccccc4)c3)nc2C)c1. The summed E-state index contributed by atoms with van der Waals surface area (Å²) in [5.74, 6) is -3.58. The summed E-state index contributed by atoms with van der Waals surface area (Å²) < 4.78 is 58.9. The largest absolute Gasteiger partial charge is 0.434 e. The molecule has 1 aromatic heterocycles. The van der Waals surface area contributed by atoms with Crippen molar-refractivity contribution in [3.63, 3.8) is 0 Å². The van der Waals surface area contributed by atoms with Gasteiger partial charge in [-0.15, -0.1) is 0 Å². The topological polar surface area (TPSA) is 64.1 Å². The molecule has 0 bridgehead atoms. The fourth-order valence-corrected chi connectivity index (χ4v) is 4.03. The molecule has 38 heavy (non-hydrogen) atoms. The van der Waals surface area contributed by atoms with E-state index in [0.717, 1.165) is 0 Å². The molecule has 0 saturated heterocycles. The van der Waals surface area contributed by atoms with E-state index in [0.29, 0.717) is 33.8 Å². The minimum Gasteiger partial charge on any atom is -0.434 e. The minimum absolute atomic E-state index is 0.0177. The van der Waals surface area contributed by atoms with Crippen LogP contribution in [0.4, 0.5) is 23.2 Å². The van der Waals surface area contributed by atoms with Crippen LogP contribution in [0.25, 0.3) is 22.4 Å². The van der Waals surface area contributed by atoms with Crippen molar-refractivity contribution >= 4 is 11.6 Å². The van der Waals surface area contributed by atoms with Crippen LogP contribution in [-0.4, -0.2) is 22.5 Å². The van der Waals surface area contributed by atoms with Crippen LogP contribution >= 0.6 is 0 Å². The number of aryl methyl sites for hydroxylation is 2. The second kappa shape index (κ2) is 11.0. The number of amides is 1. The molecule has 0 fully saturated rings. The molecular weight excluding hydrogens is 498 g/mol. The van der Waals surface area contributed by atoms with E-state index >= 15 is 0 Å². The zero-order valence-electron chi connectivity index (χ0n) is 20.9. The summed E-state index contributed by atoms with van der Waals surface area (Å²) in [6.07, 6.45) is -0.364. The van der Waals surface area contributed by atoms with Gasteiger partial charge in [0.1, 0.15) is 11.4 Å². The number of ether oxygens (including phenoxy) is 1. The number of anilines is 1. The van der Waals surface area contributed by atoms with Gasteiger partial charge in [0.25, 0.3) is 11.8 Å². The Hall–Kier alpha value is -4.27. The van der Waals surface area contributed by atoms with Gasteiger partial charge in [-0.05, 0) is 49.7 Å². The van der Waals surface area contributed by atoms with Gasteiger partial charge in [-0.1, -0.05) is 49.4 Å². The van der Waals surface area contributed by atoms with Crippen molar-refractivity contribution < 1.29 is 27.1 Å². The van der Waals surface area contributed by atoms with Crippen LogP contribution in [-0.2, 0) is 5.92 Å². The van der Waals surface area contributed by atoms with Crippen LogP contribution in [0.2, 0.25) is 0 Å². The van der Waals surface area contributed by atoms with Crippen LogP contribution in [0.15, 0.2) is 72.8 Å². The molecule has 3 aromatic carbocycles. The Bertz CT molecular complexity index is 1460. The lowest BCUT2D eigenvalue weighted by Gasteiger charge is -2.16. The number of benzene rings is 3. The van der Waals surface area contributed by atoms with Crippen molar-refractivity contribution in [2.45, 2.75) is 39.7 Å². The maximum Gasteiger partial charge on any atom is 0.387 e. The number of hydrogen-bond donors (Lipinski definition) is 1. The number of aromatic nitrogens is 2. The molecule has 196 valence electrons. The Balaban J connectivity index is 1.66. The monoisotopic (exact) mass is 523 g/mol. The van der Waals surface area contributed by atoms with E-state index in [1.807, 2.05) is 6.07 Å². The fraction of sp³-hybridized carbons (Fsp3) is 0.207. The van der Waals surface area contributed by atoms with Crippen LogP contribution < -0.4 is 10.1 Å². The highest BCUT2D eigenvalue weighted by molar-refractivity contribution is 6.03. The molecule has 4 rings (SSSR count). The normalized spacial score (nSPS) is 11.5. The van der Waals surface area contributed by atoms with E-state index in [1.54, 1.807) is 50.2 Å². The van der Waals surface area contributed by atoms with Gasteiger partial charge in [-0.3, -0.25) is 4.79 Å². The van der Waals surface area contributed by atoms with Crippen LogP contribution in [0.3, 0.4) is 0 Å². The van der Waals surface area contributed by atoms with E-state index in [2.05, 4.69) is 15.3 Å². The third-order valence-corrected chi connectivity index (χ3v) is 6.00. The lowest BCUT2D eigenvalue weighted by Crippen LogP contribution is -2.18. The van der Waals surface area contributed by atoms with Crippen molar-refractivity contribution in [3.8, 4) is 28.1 Å². The minimum atomic E-state index is -3.01. The van der Waals surface area contributed by atoms with Crippen LogP contribution in [0, 0.1) is 13.8 Å².